The van der Waals surface area contributed by atoms with Crippen LogP contribution in [0.4, 0.5) is 10.8 Å². The molecule has 0 unspecified atom stereocenters. The van der Waals surface area contributed by atoms with Crippen LogP contribution in [0.15, 0.2) is 60.8 Å². The van der Waals surface area contributed by atoms with Crippen LogP contribution in [0.25, 0.3) is 10.2 Å². The van der Waals surface area contributed by atoms with Crippen molar-refractivity contribution >= 4 is 61.7 Å². The van der Waals surface area contributed by atoms with Crippen molar-refractivity contribution in [2.75, 3.05) is 9.80 Å². The largest absolute Gasteiger partial charge is 0.278 e. The normalized spacial score (nSPS) is 13.6. The van der Waals surface area contributed by atoms with E-state index in [1.54, 1.807) is 35.4 Å². The average Bonchev–Trinajstić information content (AvgIpc) is 3.45. The van der Waals surface area contributed by atoms with E-state index >= 15 is 0 Å². The maximum Gasteiger partial charge on any atom is 0.260 e. The first-order chi connectivity index (χ1) is 16.4. The number of hydrogen-bond donors (Lipinski definition) is 0. The number of benzene rings is 2. The smallest absolute Gasteiger partial charge is 0.260 e. The van der Waals surface area contributed by atoms with E-state index in [9.17, 15) is 14.4 Å². The van der Waals surface area contributed by atoms with Gasteiger partial charge in [0.25, 0.3) is 5.91 Å². The van der Waals surface area contributed by atoms with E-state index in [2.05, 4.69) is 4.98 Å². The molecule has 0 saturated carbocycles. The van der Waals surface area contributed by atoms with Gasteiger partial charge in [0.15, 0.2) is 5.13 Å². The van der Waals surface area contributed by atoms with Crippen LogP contribution in [0.5, 0.6) is 0 Å². The number of aromatic nitrogens is 2. The van der Waals surface area contributed by atoms with Crippen LogP contribution in [0.3, 0.4) is 0 Å². The highest BCUT2D eigenvalue weighted by Gasteiger charge is 2.30. The van der Waals surface area contributed by atoms with Crippen molar-refractivity contribution in [2.45, 2.75) is 26.3 Å². The van der Waals surface area contributed by atoms with Crippen molar-refractivity contribution in [3.8, 4) is 0 Å². The molecule has 5 rings (SSSR count). The van der Waals surface area contributed by atoms with Gasteiger partial charge < -0.3 is 0 Å². The van der Waals surface area contributed by atoms with Crippen LogP contribution in [0.2, 0.25) is 5.02 Å². The van der Waals surface area contributed by atoms with Crippen LogP contribution in [-0.4, -0.2) is 27.7 Å². The van der Waals surface area contributed by atoms with E-state index in [4.69, 9.17) is 16.6 Å². The Morgan fingerprint density at radius 3 is 2.44 bits per heavy atom. The van der Waals surface area contributed by atoms with E-state index in [0.717, 1.165) is 20.7 Å². The average molecular weight is 491 g/mol. The van der Waals surface area contributed by atoms with Gasteiger partial charge in [-0.25, -0.2) is 4.98 Å². The number of thiazole rings is 1. The van der Waals surface area contributed by atoms with Gasteiger partial charge in [-0.1, -0.05) is 35.1 Å². The van der Waals surface area contributed by atoms with Crippen LogP contribution in [-0.2, 0) is 16.1 Å². The van der Waals surface area contributed by atoms with Crippen LogP contribution in [0.1, 0.15) is 34.5 Å². The second-order valence-corrected chi connectivity index (χ2v) is 9.31. The first-order valence-electron chi connectivity index (χ1n) is 10.7. The minimum atomic E-state index is -0.274. The number of halogens is 1. The highest BCUT2D eigenvalue weighted by molar-refractivity contribution is 7.23. The van der Waals surface area contributed by atoms with Crippen molar-refractivity contribution < 1.29 is 14.4 Å². The van der Waals surface area contributed by atoms with E-state index in [1.165, 1.54) is 11.3 Å². The summed E-state index contributed by atoms with van der Waals surface area (Å²) < 4.78 is 0.817. The van der Waals surface area contributed by atoms with Gasteiger partial charge in [-0.2, -0.15) is 0 Å². The Morgan fingerprint density at radius 1 is 1.06 bits per heavy atom. The molecule has 0 atom stereocenters. The molecule has 3 heterocycles. The van der Waals surface area contributed by atoms with Crippen molar-refractivity contribution in [3.63, 3.8) is 0 Å². The Kier molecular flexibility index (Phi) is 5.85. The summed E-state index contributed by atoms with van der Waals surface area (Å²) in [5.41, 5.74) is 3.30. The van der Waals surface area contributed by atoms with Crippen molar-refractivity contribution in [2.24, 2.45) is 0 Å². The summed E-state index contributed by atoms with van der Waals surface area (Å²) in [4.78, 5) is 49.6. The van der Waals surface area contributed by atoms with Crippen molar-refractivity contribution in [3.05, 3.63) is 82.6 Å². The Labute approximate surface area is 204 Å². The molecule has 34 heavy (non-hydrogen) atoms. The molecule has 1 saturated heterocycles. The number of aryl methyl sites for hydroxylation is 1. The second-order valence-electron chi connectivity index (χ2n) is 7.92. The zero-order chi connectivity index (χ0) is 23.8. The van der Waals surface area contributed by atoms with Gasteiger partial charge in [-0.05, 0) is 55.0 Å². The van der Waals surface area contributed by atoms with Gasteiger partial charge in [-0.3, -0.25) is 29.2 Å². The summed E-state index contributed by atoms with van der Waals surface area (Å²) in [6.45, 7) is 2.17. The molecule has 2 aromatic carbocycles. The molecule has 9 heteroatoms. The standard InChI is InChI=1S/C25H19ClN4O3S/c1-15-5-10-19(26)23-22(15)28-25(34-23)29(14-17-4-2-3-13-27-17)24(33)16-6-8-18(9-7-16)30-20(31)11-12-21(30)32/h2-10,13H,11-12,14H2,1H3. The predicted octanol–water partition coefficient (Wildman–Crippen LogP) is 5.15. The number of nitrogens with zero attached hydrogens (tertiary/aromatic N) is 4. The third-order valence-electron chi connectivity index (χ3n) is 5.63. The molecule has 0 spiro atoms. The van der Waals surface area contributed by atoms with Crippen molar-refractivity contribution in [1.82, 2.24) is 9.97 Å². The summed E-state index contributed by atoms with van der Waals surface area (Å²) >= 11 is 7.75. The Hall–Kier alpha value is -3.62. The monoisotopic (exact) mass is 490 g/mol. The quantitative estimate of drug-likeness (QED) is 0.361. The summed E-state index contributed by atoms with van der Waals surface area (Å²) in [6.07, 6.45) is 2.09. The fourth-order valence-corrected chi connectivity index (χ4v) is 5.17. The van der Waals surface area contributed by atoms with Crippen molar-refractivity contribution in [1.29, 1.82) is 0 Å². The molecule has 0 N–H and O–H groups in total. The maximum atomic E-state index is 13.6. The van der Waals surface area contributed by atoms with E-state index < -0.39 is 0 Å². The molecule has 0 radical (unpaired) electrons. The molecule has 2 aromatic heterocycles. The topological polar surface area (TPSA) is 83.5 Å². The van der Waals surface area contributed by atoms with Gasteiger partial charge >= 0.3 is 0 Å². The number of hydrogen-bond acceptors (Lipinski definition) is 6. The van der Waals surface area contributed by atoms with Crippen LogP contribution < -0.4 is 9.80 Å². The number of carbonyl (C=O) groups excluding carboxylic acids is 3. The predicted molar refractivity (Wildman–Crippen MR) is 132 cm³/mol. The fourth-order valence-electron chi connectivity index (χ4n) is 3.86. The Morgan fingerprint density at radius 2 is 1.79 bits per heavy atom. The molecule has 7 nitrogen and oxygen atoms in total. The number of rotatable bonds is 5. The zero-order valence-electron chi connectivity index (χ0n) is 18.2. The molecule has 4 aromatic rings. The molecule has 0 aliphatic carbocycles. The lowest BCUT2D eigenvalue weighted by Crippen LogP contribution is -2.31. The first kappa shape index (κ1) is 22.2. The van der Waals surface area contributed by atoms with Gasteiger partial charge in [0.2, 0.25) is 11.8 Å². The summed E-state index contributed by atoms with van der Waals surface area (Å²) in [7, 11) is 0. The minimum Gasteiger partial charge on any atom is -0.278 e. The van der Waals surface area contributed by atoms with Gasteiger partial charge in [0.1, 0.15) is 0 Å². The lowest BCUT2D eigenvalue weighted by atomic mass is 10.1. The summed E-state index contributed by atoms with van der Waals surface area (Å²) in [6, 6.07) is 15.7. The highest BCUT2D eigenvalue weighted by atomic mass is 35.5. The lowest BCUT2D eigenvalue weighted by molar-refractivity contribution is -0.121. The number of pyridine rings is 1. The summed E-state index contributed by atoms with van der Waals surface area (Å²) in [5.74, 6) is -0.741. The lowest BCUT2D eigenvalue weighted by Gasteiger charge is -2.20. The van der Waals surface area contributed by atoms with E-state index in [-0.39, 0.29) is 37.1 Å². The number of carbonyl (C=O) groups is 3. The second kappa shape index (κ2) is 8.96. The number of anilines is 2. The molecular weight excluding hydrogens is 472 g/mol. The highest BCUT2D eigenvalue weighted by Crippen LogP contribution is 2.36. The van der Waals surface area contributed by atoms with Crippen LogP contribution >= 0.6 is 22.9 Å². The molecule has 170 valence electrons. The molecule has 3 amide bonds. The molecule has 1 aliphatic rings. The van der Waals surface area contributed by atoms with Gasteiger partial charge in [0, 0.05) is 24.6 Å². The van der Waals surface area contributed by atoms with Gasteiger partial charge in [0.05, 0.1) is 33.2 Å². The number of amides is 3. The first-order valence-corrected chi connectivity index (χ1v) is 11.8. The van der Waals surface area contributed by atoms with Crippen LogP contribution in [0, 0.1) is 6.92 Å². The third kappa shape index (κ3) is 4.06. The SMILES string of the molecule is Cc1ccc(Cl)c2sc(N(Cc3ccccn3)C(=O)c3ccc(N4C(=O)CCC4=O)cc3)nc12. The van der Waals surface area contributed by atoms with Gasteiger partial charge in [-0.15, -0.1) is 0 Å². The minimum absolute atomic E-state index is 0.205. The maximum absolute atomic E-state index is 13.6. The Balaban J connectivity index is 1.52. The third-order valence-corrected chi connectivity index (χ3v) is 7.17. The molecule has 1 fully saturated rings. The van der Waals surface area contributed by atoms with E-state index in [0.29, 0.717) is 27.1 Å². The molecular formula is C25H19ClN4O3S. The molecule has 1 aliphatic heterocycles. The number of imide groups is 1. The van der Waals surface area contributed by atoms with E-state index in [1.807, 2.05) is 37.3 Å². The molecule has 0 bridgehead atoms. The Bertz CT molecular complexity index is 1360. The summed E-state index contributed by atoms with van der Waals surface area (Å²) in [5, 5.41) is 1.09. The number of fused-ring (bicyclic) bond motifs is 1. The zero-order valence-corrected chi connectivity index (χ0v) is 19.8. The fraction of sp³-hybridized carbons (Fsp3) is 0.160.